The molecule has 0 radical (unpaired) electrons. The van der Waals surface area contributed by atoms with Crippen molar-refractivity contribution in [1.82, 2.24) is 4.90 Å². The molecule has 0 aromatic carbocycles. The van der Waals surface area contributed by atoms with Crippen molar-refractivity contribution in [2.24, 2.45) is 5.92 Å². The molecule has 0 saturated carbocycles. The van der Waals surface area contributed by atoms with E-state index in [0.717, 1.165) is 12.8 Å². The first-order valence-electron chi connectivity index (χ1n) is 6.39. The SMILES string of the molecule is CC(=O)OCC1CCN(C(=O)OC(C)(C)C)CC1. The van der Waals surface area contributed by atoms with Gasteiger partial charge in [0.05, 0.1) is 6.61 Å². The summed E-state index contributed by atoms with van der Waals surface area (Å²) in [6.07, 6.45) is 1.45. The molecule has 1 aliphatic rings. The average molecular weight is 257 g/mol. The van der Waals surface area contributed by atoms with E-state index in [1.54, 1.807) is 4.90 Å². The van der Waals surface area contributed by atoms with Gasteiger partial charge in [0.1, 0.15) is 5.60 Å². The highest BCUT2D eigenvalue weighted by atomic mass is 16.6. The average Bonchev–Trinajstić information content (AvgIpc) is 2.24. The van der Waals surface area contributed by atoms with Crippen molar-refractivity contribution < 1.29 is 19.1 Å². The smallest absolute Gasteiger partial charge is 0.410 e. The molecule has 0 aliphatic carbocycles. The molecule has 1 saturated heterocycles. The highest BCUT2D eigenvalue weighted by Crippen LogP contribution is 2.19. The maximum Gasteiger partial charge on any atom is 0.410 e. The summed E-state index contributed by atoms with van der Waals surface area (Å²) in [5.74, 6) is 0.108. The molecule has 0 bridgehead atoms. The number of piperidine rings is 1. The van der Waals surface area contributed by atoms with Crippen LogP contribution in [-0.4, -0.2) is 42.3 Å². The third-order valence-electron chi connectivity index (χ3n) is 2.79. The van der Waals surface area contributed by atoms with E-state index in [2.05, 4.69) is 0 Å². The highest BCUT2D eigenvalue weighted by molar-refractivity contribution is 5.68. The monoisotopic (exact) mass is 257 g/mol. The molecule has 5 nitrogen and oxygen atoms in total. The van der Waals surface area contributed by atoms with Gasteiger partial charge in [-0.15, -0.1) is 0 Å². The van der Waals surface area contributed by atoms with Crippen molar-refractivity contribution in [3.05, 3.63) is 0 Å². The number of hydrogen-bond acceptors (Lipinski definition) is 4. The van der Waals surface area contributed by atoms with Crippen molar-refractivity contribution in [3.63, 3.8) is 0 Å². The Balaban J connectivity index is 2.30. The Morgan fingerprint density at radius 3 is 2.22 bits per heavy atom. The molecule has 1 fully saturated rings. The first-order valence-corrected chi connectivity index (χ1v) is 6.39. The number of hydrogen-bond donors (Lipinski definition) is 0. The van der Waals surface area contributed by atoms with Crippen molar-refractivity contribution in [1.29, 1.82) is 0 Å². The Morgan fingerprint density at radius 1 is 1.22 bits per heavy atom. The van der Waals surface area contributed by atoms with E-state index in [0.29, 0.717) is 25.6 Å². The maximum absolute atomic E-state index is 11.8. The zero-order valence-corrected chi connectivity index (χ0v) is 11.7. The molecule has 1 rings (SSSR count). The third kappa shape index (κ3) is 5.38. The largest absolute Gasteiger partial charge is 0.466 e. The fourth-order valence-corrected chi connectivity index (χ4v) is 1.84. The quantitative estimate of drug-likeness (QED) is 0.712. The second kappa shape index (κ2) is 6.07. The zero-order chi connectivity index (χ0) is 13.8. The van der Waals surface area contributed by atoms with Crippen molar-refractivity contribution >= 4 is 12.1 Å². The molecule has 18 heavy (non-hydrogen) atoms. The summed E-state index contributed by atoms with van der Waals surface area (Å²) in [4.78, 5) is 24.2. The molecule has 0 spiro atoms. The lowest BCUT2D eigenvalue weighted by molar-refractivity contribution is -0.142. The minimum Gasteiger partial charge on any atom is -0.466 e. The molecule has 0 aromatic heterocycles. The molecule has 0 N–H and O–H groups in total. The Hall–Kier alpha value is -1.26. The highest BCUT2D eigenvalue weighted by Gasteiger charge is 2.27. The lowest BCUT2D eigenvalue weighted by Gasteiger charge is -2.33. The van der Waals surface area contributed by atoms with E-state index < -0.39 is 5.60 Å². The lowest BCUT2D eigenvalue weighted by Crippen LogP contribution is -2.42. The zero-order valence-electron chi connectivity index (χ0n) is 11.7. The van der Waals surface area contributed by atoms with Gasteiger partial charge in [-0.05, 0) is 39.5 Å². The van der Waals surface area contributed by atoms with Gasteiger partial charge in [-0.25, -0.2) is 4.79 Å². The summed E-state index contributed by atoms with van der Waals surface area (Å²) in [5, 5.41) is 0. The Morgan fingerprint density at radius 2 is 1.78 bits per heavy atom. The van der Waals surface area contributed by atoms with Gasteiger partial charge in [-0.3, -0.25) is 4.79 Å². The van der Waals surface area contributed by atoms with Crippen molar-refractivity contribution in [3.8, 4) is 0 Å². The third-order valence-corrected chi connectivity index (χ3v) is 2.79. The normalized spacial score (nSPS) is 17.4. The summed E-state index contributed by atoms with van der Waals surface area (Å²) in [5.41, 5.74) is -0.453. The van der Waals surface area contributed by atoms with Crippen LogP contribution < -0.4 is 0 Å². The van der Waals surface area contributed by atoms with Gasteiger partial charge in [-0.1, -0.05) is 0 Å². The van der Waals surface area contributed by atoms with Gasteiger partial charge in [0.25, 0.3) is 0 Å². The van der Waals surface area contributed by atoms with E-state index in [1.807, 2.05) is 20.8 Å². The fourth-order valence-electron chi connectivity index (χ4n) is 1.84. The first-order chi connectivity index (χ1) is 8.28. The number of carbonyl (C=O) groups is 2. The molecule has 5 heteroatoms. The second-order valence-electron chi connectivity index (χ2n) is 5.71. The number of esters is 1. The summed E-state index contributed by atoms with van der Waals surface area (Å²) < 4.78 is 10.3. The fraction of sp³-hybridized carbons (Fsp3) is 0.846. The molecule has 0 aromatic rings. The van der Waals surface area contributed by atoms with Crippen LogP contribution in [0.2, 0.25) is 0 Å². The maximum atomic E-state index is 11.8. The predicted molar refractivity (Wildman–Crippen MR) is 67.2 cm³/mol. The number of amides is 1. The molecule has 104 valence electrons. The Kier molecular flexibility index (Phi) is 4.99. The van der Waals surface area contributed by atoms with Crippen LogP contribution in [0.1, 0.15) is 40.5 Å². The van der Waals surface area contributed by atoms with Crippen LogP contribution in [0.3, 0.4) is 0 Å². The number of rotatable bonds is 2. The molecule has 1 heterocycles. The van der Waals surface area contributed by atoms with E-state index in [1.165, 1.54) is 6.92 Å². The number of likely N-dealkylation sites (tertiary alicyclic amines) is 1. The van der Waals surface area contributed by atoms with Gasteiger partial charge in [-0.2, -0.15) is 0 Å². The second-order valence-corrected chi connectivity index (χ2v) is 5.71. The van der Waals surface area contributed by atoms with Crippen LogP contribution in [0.15, 0.2) is 0 Å². The van der Waals surface area contributed by atoms with Crippen LogP contribution in [0.4, 0.5) is 4.79 Å². The van der Waals surface area contributed by atoms with Gasteiger partial charge in [0, 0.05) is 20.0 Å². The van der Waals surface area contributed by atoms with E-state index in [9.17, 15) is 9.59 Å². The lowest BCUT2D eigenvalue weighted by atomic mass is 9.98. The summed E-state index contributed by atoms with van der Waals surface area (Å²) in [7, 11) is 0. The standard InChI is InChI=1S/C13H23NO4/c1-10(15)17-9-11-5-7-14(8-6-11)12(16)18-13(2,3)4/h11H,5-9H2,1-4H3. The van der Waals surface area contributed by atoms with Gasteiger partial charge in [0.2, 0.25) is 0 Å². The van der Waals surface area contributed by atoms with E-state index in [4.69, 9.17) is 9.47 Å². The van der Waals surface area contributed by atoms with Crippen molar-refractivity contribution in [2.45, 2.75) is 46.1 Å². The Labute approximate surface area is 108 Å². The number of nitrogens with zero attached hydrogens (tertiary/aromatic N) is 1. The number of carbonyl (C=O) groups excluding carboxylic acids is 2. The topological polar surface area (TPSA) is 55.8 Å². The van der Waals surface area contributed by atoms with Crippen LogP contribution in [-0.2, 0) is 14.3 Å². The van der Waals surface area contributed by atoms with Crippen LogP contribution in [0.5, 0.6) is 0 Å². The van der Waals surface area contributed by atoms with Gasteiger partial charge in [0.15, 0.2) is 0 Å². The molecular formula is C13H23NO4. The van der Waals surface area contributed by atoms with Gasteiger partial charge >= 0.3 is 12.1 Å². The van der Waals surface area contributed by atoms with E-state index in [-0.39, 0.29) is 12.1 Å². The van der Waals surface area contributed by atoms with Crippen LogP contribution in [0.25, 0.3) is 0 Å². The Bertz CT molecular complexity index is 301. The molecule has 0 atom stereocenters. The van der Waals surface area contributed by atoms with Crippen LogP contribution >= 0.6 is 0 Å². The minimum atomic E-state index is -0.453. The number of ether oxygens (including phenoxy) is 2. The van der Waals surface area contributed by atoms with E-state index >= 15 is 0 Å². The molecule has 0 unspecified atom stereocenters. The van der Waals surface area contributed by atoms with Crippen LogP contribution in [0, 0.1) is 5.92 Å². The molecular weight excluding hydrogens is 234 g/mol. The van der Waals surface area contributed by atoms with Crippen molar-refractivity contribution in [2.75, 3.05) is 19.7 Å². The molecule has 1 amide bonds. The summed E-state index contributed by atoms with van der Waals surface area (Å²) >= 11 is 0. The summed E-state index contributed by atoms with van der Waals surface area (Å²) in [6.45, 7) is 8.78. The molecule has 1 aliphatic heterocycles. The van der Waals surface area contributed by atoms with Gasteiger partial charge < -0.3 is 14.4 Å². The summed E-state index contributed by atoms with van der Waals surface area (Å²) in [6, 6.07) is 0. The predicted octanol–water partition coefficient (Wildman–Crippen LogP) is 2.20. The minimum absolute atomic E-state index is 0.246. The first kappa shape index (κ1) is 14.8.